The second-order valence-electron chi connectivity index (χ2n) is 5.66. The highest BCUT2D eigenvalue weighted by Crippen LogP contribution is 2.16. The van der Waals surface area contributed by atoms with Crippen LogP contribution < -0.4 is 10.1 Å². The maximum Gasteiger partial charge on any atom is 0.221 e. The number of ether oxygens (including phenoxy) is 1. The van der Waals surface area contributed by atoms with Crippen molar-refractivity contribution in [1.82, 2.24) is 4.90 Å². The molecule has 0 spiro atoms. The summed E-state index contributed by atoms with van der Waals surface area (Å²) in [6.45, 7) is 6.09. The number of hydrogen-bond acceptors (Lipinski definition) is 3. The fraction of sp³-hybridized carbons (Fsp3) is 0.611. The molecule has 1 fully saturated rings. The van der Waals surface area contributed by atoms with Crippen LogP contribution in [-0.4, -0.2) is 37.0 Å². The van der Waals surface area contributed by atoms with Gasteiger partial charge in [0.05, 0.1) is 6.61 Å². The molecule has 1 aromatic carbocycles. The summed E-state index contributed by atoms with van der Waals surface area (Å²) in [5.41, 5.74) is 0.806. The summed E-state index contributed by atoms with van der Waals surface area (Å²) in [7, 11) is 0. The van der Waals surface area contributed by atoms with Gasteiger partial charge in [-0.3, -0.25) is 4.79 Å². The third-order valence-corrected chi connectivity index (χ3v) is 3.76. The number of anilines is 1. The second kappa shape index (κ2) is 10.2. The van der Waals surface area contributed by atoms with E-state index in [9.17, 15) is 4.79 Å². The summed E-state index contributed by atoms with van der Waals surface area (Å²) < 4.78 is 5.71. The molecule has 1 saturated heterocycles. The van der Waals surface area contributed by atoms with Gasteiger partial charge in [-0.1, -0.05) is 7.43 Å². The first-order chi connectivity index (χ1) is 10.2. The third-order valence-electron chi connectivity index (χ3n) is 3.76. The monoisotopic (exact) mass is 306 g/mol. The number of nitrogens with one attached hydrogen (secondary N) is 1. The molecule has 0 bridgehead atoms. The van der Waals surface area contributed by atoms with Crippen molar-refractivity contribution in [2.24, 2.45) is 0 Å². The van der Waals surface area contributed by atoms with Crippen molar-refractivity contribution < 1.29 is 9.53 Å². The Bertz CT molecular complexity index is 425. The summed E-state index contributed by atoms with van der Waals surface area (Å²) in [4.78, 5) is 13.5. The molecule has 0 saturated carbocycles. The van der Waals surface area contributed by atoms with Crippen molar-refractivity contribution in [2.75, 3.05) is 31.6 Å². The Labute approximate surface area is 134 Å². The molecule has 2 rings (SSSR count). The van der Waals surface area contributed by atoms with E-state index < -0.39 is 0 Å². The summed E-state index contributed by atoms with van der Waals surface area (Å²) in [5.74, 6) is 0.810. The maximum absolute atomic E-state index is 10.9. The van der Waals surface area contributed by atoms with E-state index >= 15 is 0 Å². The Morgan fingerprint density at radius 1 is 1.14 bits per heavy atom. The van der Waals surface area contributed by atoms with Gasteiger partial charge in [0, 0.05) is 12.6 Å². The number of benzene rings is 1. The average Bonchev–Trinajstić information content (AvgIpc) is 2.97. The highest BCUT2D eigenvalue weighted by molar-refractivity contribution is 5.88. The molecule has 0 radical (unpaired) electrons. The van der Waals surface area contributed by atoms with E-state index in [1.807, 2.05) is 24.3 Å². The fourth-order valence-corrected chi connectivity index (χ4v) is 2.65. The first kappa shape index (κ1) is 18.5. The first-order valence-electron chi connectivity index (χ1n) is 7.97. The Hall–Kier alpha value is -1.55. The van der Waals surface area contributed by atoms with Gasteiger partial charge in [-0.2, -0.15) is 0 Å². The zero-order valence-corrected chi connectivity index (χ0v) is 12.9. The Morgan fingerprint density at radius 2 is 1.82 bits per heavy atom. The van der Waals surface area contributed by atoms with E-state index in [1.165, 1.54) is 52.2 Å². The van der Waals surface area contributed by atoms with E-state index in [4.69, 9.17) is 4.74 Å². The van der Waals surface area contributed by atoms with E-state index in [0.717, 1.165) is 24.5 Å². The van der Waals surface area contributed by atoms with E-state index in [2.05, 4.69) is 10.2 Å². The van der Waals surface area contributed by atoms with Gasteiger partial charge in [-0.05, 0) is 76.0 Å². The molecule has 22 heavy (non-hydrogen) atoms. The minimum Gasteiger partial charge on any atom is -0.494 e. The Balaban J connectivity index is 0.00000242. The van der Waals surface area contributed by atoms with E-state index in [-0.39, 0.29) is 13.3 Å². The topological polar surface area (TPSA) is 41.6 Å². The van der Waals surface area contributed by atoms with Crippen molar-refractivity contribution in [1.29, 1.82) is 0 Å². The number of carbonyl (C=O) groups excluding carboxylic acids is 1. The molecule has 1 heterocycles. The normalized spacial score (nSPS) is 14.4. The highest BCUT2D eigenvalue weighted by atomic mass is 16.5. The SMILES string of the molecule is C.CC(=O)Nc1ccc(OCCCCCN2CCCC2)cc1. The molecular weight excluding hydrogens is 276 g/mol. The van der Waals surface area contributed by atoms with Gasteiger partial charge in [-0.25, -0.2) is 0 Å². The number of rotatable bonds is 8. The number of amides is 1. The van der Waals surface area contributed by atoms with E-state index in [0.29, 0.717) is 0 Å². The summed E-state index contributed by atoms with van der Waals surface area (Å²) in [5, 5.41) is 2.74. The smallest absolute Gasteiger partial charge is 0.221 e. The van der Waals surface area contributed by atoms with Gasteiger partial charge in [-0.15, -0.1) is 0 Å². The average molecular weight is 306 g/mol. The standard InChI is InChI=1S/C17H26N2O2.CH4/c1-15(20)18-16-7-9-17(10-8-16)21-14-6-2-3-11-19-12-4-5-13-19;/h7-10H,2-6,11-14H2,1H3,(H,18,20);1H4. The molecule has 0 aliphatic carbocycles. The van der Waals surface area contributed by atoms with E-state index in [1.54, 1.807) is 0 Å². The lowest BCUT2D eigenvalue weighted by molar-refractivity contribution is -0.114. The number of nitrogens with zero attached hydrogens (tertiary/aromatic N) is 1. The predicted molar refractivity (Wildman–Crippen MR) is 92.5 cm³/mol. The Kier molecular flexibility index (Phi) is 8.60. The molecule has 1 aromatic rings. The van der Waals surface area contributed by atoms with Gasteiger partial charge < -0.3 is 15.0 Å². The van der Waals surface area contributed by atoms with Crippen LogP contribution in [0.1, 0.15) is 46.5 Å². The lowest BCUT2D eigenvalue weighted by atomic mass is 10.2. The summed E-state index contributed by atoms with van der Waals surface area (Å²) >= 11 is 0. The summed E-state index contributed by atoms with van der Waals surface area (Å²) in [6.07, 6.45) is 6.34. The summed E-state index contributed by atoms with van der Waals surface area (Å²) in [6, 6.07) is 7.53. The minimum absolute atomic E-state index is 0. The number of carbonyl (C=O) groups is 1. The predicted octanol–water partition coefficient (Wildman–Crippen LogP) is 3.93. The molecule has 4 heteroatoms. The fourth-order valence-electron chi connectivity index (χ4n) is 2.65. The lowest BCUT2D eigenvalue weighted by Crippen LogP contribution is -2.20. The van der Waals surface area contributed by atoms with Crippen LogP contribution in [0.25, 0.3) is 0 Å². The third kappa shape index (κ3) is 6.94. The molecule has 1 aliphatic rings. The van der Waals surface area contributed by atoms with Crippen molar-refractivity contribution in [3.63, 3.8) is 0 Å². The van der Waals surface area contributed by atoms with Gasteiger partial charge in [0.1, 0.15) is 5.75 Å². The molecule has 0 unspecified atom stereocenters. The van der Waals surface area contributed by atoms with Crippen LogP contribution in [0, 0.1) is 0 Å². The van der Waals surface area contributed by atoms with Crippen LogP contribution in [0.5, 0.6) is 5.75 Å². The van der Waals surface area contributed by atoms with Gasteiger partial charge in [0.25, 0.3) is 0 Å². The van der Waals surface area contributed by atoms with Gasteiger partial charge >= 0.3 is 0 Å². The molecule has 1 amide bonds. The van der Waals surface area contributed by atoms with Crippen molar-refractivity contribution >= 4 is 11.6 Å². The van der Waals surface area contributed by atoms with Gasteiger partial charge in [0.2, 0.25) is 5.91 Å². The van der Waals surface area contributed by atoms with Crippen LogP contribution in [0.3, 0.4) is 0 Å². The molecule has 0 atom stereocenters. The van der Waals surface area contributed by atoms with Crippen LogP contribution >= 0.6 is 0 Å². The number of likely N-dealkylation sites (tertiary alicyclic amines) is 1. The zero-order valence-electron chi connectivity index (χ0n) is 12.9. The van der Waals surface area contributed by atoms with Crippen LogP contribution in [-0.2, 0) is 4.79 Å². The van der Waals surface area contributed by atoms with Gasteiger partial charge in [0.15, 0.2) is 0 Å². The maximum atomic E-state index is 10.9. The molecule has 0 aromatic heterocycles. The number of hydrogen-bond donors (Lipinski definition) is 1. The molecule has 4 nitrogen and oxygen atoms in total. The van der Waals surface area contributed by atoms with Crippen LogP contribution in [0.4, 0.5) is 5.69 Å². The quantitative estimate of drug-likeness (QED) is 0.740. The van der Waals surface area contributed by atoms with Crippen molar-refractivity contribution in [3.8, 4) is 5.75 Å². The molecule has 124 valence electrons. The molecular formula is C18H30N2O2. The molecule has 1 aliphatic heterocycles. The second-order valence-corrected chi connectivity index (χ2v) is 5.66. The van der Waals surface area contributed by atoms with Crippen molar-refractivity contribution in [2.45, 2.75) is 46.5 Å². The highest BCUT2D eigenvalue weighted by Gasteiger charge is 2.09. The lowest BCUT2D eigenvalue weighted by Gasteiger charge is -2.14. The largest absolute Gasteiger partial charge is 0.494 e. The van der Waals surface area contributed by atoms with Crippen molar-refractivity contribution in [3.05, 3.63) is 24.3 Å². The van der Waals surface area contributed by atoms with Crippen LogP contribution in [0.2, 0.25) is 0 Å². The zero-order chi connectivity index (χ0) is 14.9. The molecule has 1 N–H and O–H groups in total. The van der Waals surface area contributed by atoms with Crippen LogP contribution in [0.15, 0.2) is 24.3 Å². The minimum atomic E-state index is -0.0540. The number of unbranched alkanes of at least 4 members (excludes halogenated alkanes) is 2. The Morgan fingerprint density at radius 3 is 2.45 bits per heavy atom. The first-order valence-corrected chi connectivity index (χ1v) is 7.97.